The molecule has 4 rings (SSSR count). The molecule has 0 radical (unpaired) electrons. The average molecular weight is 474 g/mol. The van der Waals surface area contributed by atoms with Gasteiger partial charge in [0, 0.05) is 4.47 Å². The molecule has 0 spiro atoms. The highest BCUT2D eigenvalue weighted by Gasteiger charge is 2.41. The summed E-state index contributed by atoms with van der Waals surface area (Å²) < 4.78 is 14.5. The number of carbonyl (C=O) groups excluding carboxylic acids is 2. The lowest BCUT2D eigenvalue weighted by Crippen LogP contribution is -2.52. The first-order valence-electron chi connectivity index (χ1n) is 9.68. The van der Waals surface area contributed by atoms with Gasteiger partial charge in [-0.1, -0.05) is 47.1 Å². The fraction of sp³-hybridized carbons (Fsp3) is 0.286. The van der Waals surface area contributed by atoms with Crippen LogP contribution < -0.4 is 10.7 Å². The Labute approximate surface area is 182 Å². The molecule has 2 aromatic carbocycles. The monoisotopic (exact) mass is 473 g/mol. The summed E-state index contributed by atoms with van der Waals surface area (Å²) >= 11 is 3.17. The molecular formula is C21H21BrFN5O2. The smallest absolute Gasteiger partial charge is 0.267 e. The maximum atomic E-state index is 13.9. The molecule has 2 aromatic rings. The first kappa shape index (κ1) is 20.5. The van der Waals surface area contributed by atoms with Crippen molar-refractivity contribution in [1.82, 2.24) is 15.4 Å². The zero-order valence-corrected chi connectivity index (χ0v) is 17.9. The topological polar surface area (TPSA) is 77.0 Å². The number of hydrazone groups is 1. The number of carbonyl (C=O) groups is 2. The molecule has 2 aliphatic rings. The van der Waals surface area contributed by atoms with E-state index in [1.165, 1.54) is 24.0 Å². The first-order valence-corrected chi connectivity index (χ1v) is 10.5. The van der Waals surface area contributed by atoms with Gasteiger partial charge in [-0.15, -0.1) is 0 Å². The van der Waals surface area contributed by atoms with Gasteiger partial charge in [0.1, 0.15) is 24.7 Å². The number of nitrogens with zero attached hydrogens (tertiary/aromatic N) is 3. The van der Waals surface area contributed by atoms with Crippen molar-refractivity contribution in [1.29, 1.82) is 0 Å². The maximum Gasteiger partial charge on any atom is 0.267 e. The van der Waals surface area contributed by atoms with E-state index in [-0.39, 0.29) is 24.2 Å². The SMILES string of the molecule is CCc1ccc(C2CC3C(=O)N(CC(=O)Nc4ccc(Br)cc4F)N=CN3N2)cc1. The Morgan fingerprint density at radius 1 is 1.30 bits per heavy atom. The number of anilines is 1. The highest BCUT2D eigenvalue weighted by molar-refractivity contribution is 9.10. The largest absolute Gasteiger partial charge is 0.322 e. The van der Waals surface area contributed by atoms with Gasteiger partial charge in [-0.05, 0) is 42.2 Å². The van der Waals surface area contributed by atoms with Gasteiger partial charge in [0.2, 0.25) is 5.91 Å². The summed E-state index contributed by atoms with van der Waals surface area (Å²) in [6.45, 7) is 1.82. The van der Waals surface area contributed by atoms with Gasteiger partial charge in [0.25, 0.3) is 5.91 Å². The van der Waals surface area contributed by atoms with Crippen molar-refractivity contribution in [2.45, 2.75) is 31.8 Å². The molecule has 2 unspecified atom stereocenters. The number of aryl methyl sites for hydroxylation is 1. The molecule has 30 heavy (non-hydrogen) atoms. The zero-order valence-electron chi connectivity index (χ0n) is 16.3. The normalized spacial score (nSPS) is 20.4. The molecular weight excluding hydrogens is 453 g/mol. The van der Waals surface area contributed by atoms with E-state index in [4.69, 9.17) is 0 Å². The number of hydrogen-bond donors (Lipinski definition) is 2. The number of amides is 2. The maximum absolute atomic E-state index is 13.9. The van der Waals surface area contributed by atoms with Crippen LogP contribution in [0, 0.1) is 5.82 Å². The number of benzene rings is 2. The van der Waals surface area contributed by atoms with Crippen molar-refractivity contribution >= 4 is 39.8 Å². The Hall–Kier alpha value is -2.78. The van der Waals surface area contributed by atoms with Crippen molar-refractivity contribution in [3.63, 3.8) is 0 Å². The highest BCUT2D eigenvalue weighted by Crippen LogP contribution is 2.29. The minimum Gasteiger partial charge on any atom is -0.322 e. The zero-order chi connectivity index (χ0) is 21.3. The second-order valence-electron chi connectivity index (χ2n) is 7.23. The van der Waals surface area contributed by atoms with Gasteiger partial charge in [0.15, 0.2) is 0 Å². The Morgan fingerprint density at radius 2 is 2.07 bits per heavy atom. The van der Waals surface area contributed by atoms with Crippen LogP contribution in [0.15, 0.2) is 52.0 Å². The minimum absolute atomic E-state index is 0.0121. The van der Waals surface area contributed by atoms with Gasteiger partial charge < -0.3 is 5.32 Å². The number of rotatable bonds is 5. The van der Waals surface area contributed by atoms with Crippen LogP contribution in [-0.4, -0.2) is 40.8 Å². The number of halogens is 2. The standard InChI is InChI=1S/C21H21BrFN5O2/c1-2-13-3-5-14(6-4-13)18-10-19-21(30)27(24-12-28(19)26-18)11-20(29)25-17-8-7-15(22)9-16(17)23/h3-9,12,18-19,26H,2,10-11H2,1H3,(H,25,29). The van der Waals surface area contributed by atoms with Gasteiger partial charge >= 0.3 is 0 Å². The molecule has 0 aliphatic carbocycles. The highest BCUT2D eigenvalue weighted by atomic mass is 79.9. The van der Waals surface area contributed by atoms with Gasteiger partial charge in [0.05, 0.1) is 11.7 Å². The lowest BCUT2D eigenvalue weighted by Gasteiger charge is -2.29. The molecule has 1 fully saturated rings. The van der Waals surface area contributed by atoms with Crippen molar-refractivity contribution in [2.24, 2.45) is 5.10 Å². The molecule has 2 heterocycles. The molecule has 156 valence electrons. The van der Waals surface area contributed by atoms with Gasteiger partial charge in [-0.3, -0.25) is 14.6 Å². The van der Waals surface area contributed by atoms with Crippen molar-refractivity contribution in [3.05, 3.63) is 63.9 Å². The van der Waals surface area contributed by atoms with Crippen LogP contribution in [0.3, 0.4) is 0 Å². The van der Waals surface area contributed by atoms with Crippen LogP contribution in [0.4, 0.5) is 10.1 Å². The van der Waals surface area contributed by atoms with Crippen LogP contribution in [0.25, 0.3) is 0 Å². The molecule has 0 saturated carbocycles. The number of fused-ring (bicyclic) bond motifs is 1. The minimum atomic E-state index is -0.561. The van der Waals surface area contributed by atoms with E-state index in [1.54, 1.807) is 11.1 Å². The quantitative estimate of drug-likeness (QED) is 0.698. The molecule has 0 aromatic heterocycles. The summed E-state index contributed by atoms with van der Waals surface area (Å²) in [5.41, 5.74) is 5.69. The predicted octanol–water partition coefficient (Wildman–Crippen LogP) is 3.19. The van der Waals surface area contributed by atoms with Crippen LogP contribution in [-0.2, 0) is 16.0 Å². The van der Waals surface area contributed by atoms with E-state index in [1.807, 2.05) is 0 Å². The van der Waals surface area contributed by atoms with Crippen LogP contribution in [0.1, 0.15) is 30.5 Å². The average Bonchev–Trinajstić information content (AvgIpc) is 3.17. The molecule has 9 heteroatoms. The summed E-state index contributed by atoms with van der Waals surface area (Å²) in [6, 6.07) is 12.2. The summed E-state index contributed by atoms with van der Waals surface area (Å²) in [5, 5.41) is 9.37. The summed E-state index contributed by atoms with van der Waals surface area (Å²) in [6.07, 6.45) is 3.05. The number of hydrazine groups is 1. The Kier molecular flexibility index (Phi) is 5.83. The predicted molar refractivity (Wildman–Crippen MR) is 115 cm³/mol. The molecule has 2 amide bonds. The fourth-order valence-corrected chi connectivity index (χ4v) is 3.90. The summed E-state index contributed by atoms with van der Waals surface area (Å²) in [5.74, 6) is -1.36. The van der Waals surface area contributed by atoms with Crippen molar-refractivity contribution < 1.29 is 14.0 Å². The van der Waals surface area contributed by atoms with E-state index in [9.17, 15) is 14.0 Å². The van der Waals surface area contributed by atoms with Crippen molar-refractivity contribution in [3.8, 4) is 0 Å². The van der Waals surface area contributed by atoms with E-state index < -0.39 is 17.8 Å². The van der Waals surface area contributed by atoms with Crippen LogP contribution >= 0.6 is 15.9 Å². The fourth-order valence-electron chi connectivity index (χ4n) is 3.57. The van der Waals surface area contributed by atoms with Crippen LogP contribution in [0.5, 0.6) is 0 Å². The number of hydrogen-bond acceptors (Lipinski definition) is 5. The molecule has 1 saturated heterocycles. The molecule has 2 aliphatic heterocycles. The molecule has 0 bridgehead atoms. The second-order valence-corrected chi connectivity index (χ2v) is 8.15. The number of nitrogens with one attached hydrogen (secondary N) is 2. The van der Waals surface area contributed by atoms with E-state index in [0.717, 1.165) is 17.0 Å². The Bertz CT molecular complexity index is 997. The molecule has 2 atom stereocenters. The summed E-state index contributed by atoms with van der Waals surface area (Å²) in [7, 11) is 0. The first-order chi connectivity index (χ1) is 14.4. The van der Waals surface area contributed by atoms with E-state index in [0.29, 0.717) is 10.9 Å². The van der Waals surface area contributed by atoms with Crippen LogP contribution in [0.2, 0.25) is 0 Å². The third kappa shape index (κ3) is 4.22. The third-order valence-electron chi connectivity index (χ3n) is 5.24. The van der Waals surface area contributed by atoms with Gasteiger partial charge in [-0.2, -0.15) is 5.10 Å². The summed E-state index contributed by atoms with van der Waals surface area (Å²) in [4.78, 5) is 25.2. The third-order valence-corrected chi connectivity index (χ3v) is 5.74. The van der Waals surface area contributed by atoms with Gasteiger partial charge in [-0.25, -0.2) is 14.8 Å². The lowest BCUT2D eigenvalue weighted by molar-refractivity contribution is -0.139. The molecule has 7 nitrogen and oxygen atoms in total. The Morgan fingerprint density at radius 3 is 2.77 bits per heavy atom. The molecule has 2 N–H and O–H groups in total. The Balaban J connectivity index is 1.39. The lowest BCUT2D eigenvalue weighted by atomic mass is 9.99. The van der Waals surface area contributed by atoms with Crippen molar-refractivity contribution in [2.75, 3.05) is 11.9 Å². The van der Waals surface area contributed by atoms with E-state index >= 15 is 0 Å². The second kappa shape index (κ2) is 8.53. The van der Waals surface area contributed by atoms with E-state index in [2.05, 4.69) is 63.0 Å².